The molecular formula is C40H45N7O5S. The molecule has 4 aromatic carbocycles. The van der Waals surface area contributed by atoms with Gasteiger partial charge in [-0.15, -0.1) is 5.10 Å². The van der Waals surface area contributed by atoms with E-state index in [-0.39, 0.29) is 30.6 Å². The summed E-state index contributed by atoms with van der Waals surface area (Å²) in [6.07, 6.45) is 2.69. The number of carbonyl (C=O) groups excluding carboxylic acids is 2. The summed E-state index contributed by atoms with van der Waals surface area (Å²) in [6, 6.07) is 31.2. The molecule has 1 aromatic heterocycles. The zero-order valence-corrected chi connectivity index (χ0v) is 30.5. The fraction of sp³-hybridized carbons (Fsp3) is 0.325. The lowest BCUT2D eigenvalue weighted by atomic mass is 9.97. The summed E-state index contributed by atoms with van der Waals surface area (Å²) >= 11 is 1.54. The van der Waals surface area contributed by atoms with Gasteiger partial charge in [-0.05, 0) is 63.2 Å². The molecular weight excluding hydrogens is 691 g/mol. The molecule has 0 aliphatic carbocycles. The summed E-state index contributed by atoms with van der Waals surface area (Å²) in [4.78, 5) is 25.0. The molecule has 0 saturated carbocycles. The van der Waals surface area contributed by atoms with Gasteiger partial charge in [0.15, 0.2) is 6.29 Å². The number of aromatic nitrogens is 4. The highest BCUT2D eigenvalue weighted by atomic mass is 32.2. The molecule has 0 spiro atoms. The lowest BCUT2D eigenvalue weighted by molar-refractivity contribution is -0.245. The largest absolute Gasteiger partial charge is 0.397 e. The third-order valence-corrected chi connectivity index (χ3v) is 10.3. The molecule has 6 rings (SSSR count). The second-order valence-electron chi connectivity index (χ2n) is 13.0. The maximum Gasteiger partial charge on any atom is 0.224 e. The fourth-order valence-corrected chi connectivity index (χ4v) is 7.03. The zero-order valence-electron chi connectivity index (χ0n) is 29.7. The van der Waals surface area contributed by atoms with E-state index >= 15 is 0 Å². The van der Waals surface area contributed by atoms with Crippen LogP contribution in [0.3, 0.4) is 0 Å². The first-order chi connectivity index (χ1) is 25.9. The lowest BCUT2D eigenvalue weighted by Gasteiger charge is -2.36. The van der Waals surface area contributed by atoms with Crippen LogP contribution in [-0.2, 0) is 39.3 Å². The maximum absolute atomic E-state index is 12.7. The number of hydrogen-bond donors (Lipinski definition) is 4. The van der Waals surface area contributed by atoms with Crippen molar-refractivity contribution in [2.24, 2.45) is 7.05 Å². The van der Waals surface area contributed by atoms with Gasteiger partial charge < -0.3 is 30.9 Å². The van der Waals surface area contributed by atoms with Crippen molar-refractivity contribution in [3.63, 3.8) is 0 Å². The van der Waals surface area contributed by atoms with E-state index in [1.165, 1.54) is 0 Å². The molecule has 12 nitrogen and oxygen atoms in total. The Morgan fingerprint density at radius 3 is 2.34 bits per heavy atom. The van der Waals surface area contributed by atoms with Crippen LogP contribution in [0.4, 0.5) is 11.4 Å². The van der Waals surface area contributed by atoms with Crippen LogP contribution in [0.1, 0.15) is 73.2 Å². The normalized spacial score (nSPS) is 17.0. The summed E-state index contributed by atoms with van der Waals surface area (Å²) in [5.41, 5.74) is 12.9. The minimum Gasteiger partial charge on any atom is -0.397 e. The molecule has 1 aliphatic rings. The molecule has 3 atom stereocenters. The van der Waals surface area contributed by atoms with Crippen LogP contribution >= 0.6 is 11.8 Å². The number of anilines is 2. The molecule has 53 heavy (non-hydrogen) atoms. The quantitative estimate of drug-likeness (QED) is 0.0500. The number of unbranched alkanes of at least 4 members (excludes halogenated alkanes) is 2. The number of benzene rings is 4. The van der Waals surface area contributed by atoms with Crippen molar-refractivity contribution in [1.82, 2.24) is 25.5 Å². The number of aliphatic hydroxyl groups excluding tert-OH is 1. The molecule has 2 amide bonds. The van der Waals surface area contributed by atoms with E-state index in [1.54, 1.807) is 28.6 Å². The Bertz CT molecular complexity index is 1950. The number of amides is 2. The molecule has 0 unspecified atom stereocenters. The number of ether oxygens (including phenoxy) is 2. The Labute approximate surface area is 313 Å². The van der Waals surface area contributed by atoms with Gasteiger partial charge in [-0.2, -0.15) is 0 Å². The second-order valence-corrected chi connectivity index (χ2v) is 14.0. The van der Waals surface area contributed by atoms with Gasteiger partial charge in [0, 0.05) is 44.2 Å². The number of nitrogens with zero attached hydrogens (tertiary/aromatic N) is 4. The van der Waals surface area contributed by atoms with Gasteiger partial charge in [0.05, 0.1) is 30.2 Å². The number of nitrogens with two attached hydrogens (primary N) is 1. The summed E-state index contributed by atoms with van der Waals surface area (Å²) in [6.45, 7) is 0.392. The monoisotopic (exact) mass is 735 g/mol. The molecule has 1 aliphatic heterocycles. The molecule has 5 aromatic rings. The number of nitrogens with one attached hydrogen (secondary N) is 2. The van der Waals surface area contributed by atoms with Crippen molar-refractivity contribution in [2.45, 2.75) is 75.3 Å². The molecule has 0 bridgehead atoms. The van der Waals surface area contributed by atoms with E-state index in [4.69, 9.17) is 15.2 Å². The number of hydrogen-bond acceptors (Lipinski definition) is 10. The van der Waals surface area contributed by atoms with Crippen molar-refractivity contribution < 1.29 is 24.2 Å². The number of para-hydroxylation sites is 2. The van der Waals surface area contributed by atoms with Gasteiger partial charge in [-0.25, -0.2) is 4.68 Å². The zero-order chi connectivity index (χ0) is 37.0. The minimum atomic E-state index is -0.588. The van der Waals surface area contributed by atoms with Crippen LogP contribution in [-0.4, -0.2) is 49.0 Å². The molecule has 1 saturated heterocycles. The smallest absolute Gasteiger partial charge is 0.224 e. The lowest BCUT2D eigenvalue weighted by Crippen LogP contribution is -2.31. The molecule has 1 fully saturated rings. The van der Waals surface area contributed by atoms with Gasteiger partial charge in [-0.3, -0.25) is 9.59 Å². The number of rotatable bonds is 16. The number of tetrazole rings is 1. The highest BCUT2D eigenvalue weighted by Gasteiger charge is 2.32. The predicted octanol–water partition coefficient (Wildman–Crippen LogP) is 6.49. The topological polar surface area (TPSA) is 167 Å². The number of aryl methyl sites for hydroxylation is 1. The highest BCUT2D eigenvalue weighted by Crippen LogP contribution is 2.40. The number of aliphatic hydroxyl groups is 1. The third-order valence-electron chi connectivity index (χ3n) is 9.12. The van der Waals surface area contributed by atoms with Crippen LogP contribution in [0, 0.1) is 0 Å². The molecule has 5 N–H and O–H groups in total. The first kappa shape index (κ1) is 37.7. The standard InChI is InChI=1S/C40H45N7O5S/c1-47-40(44-45-46-47)53-26-32-23-36(29-17-15-27(25-48)16-18-29)52-39(51-32)30-21-19-28(20-22-30)33-10-6-5-9-31(33)24-42-37(49)13-3-2-4-14-38(50)43-35-12-8-7-11-34(35)41/h5-12,15-22,32,36,39,48H,2-4,13-14,23-26,41H2,1H3,(H,42,49)(H,43,50)/t32-,36+,39+/m1/s1. The predicted molar refractivity (Wildman–Crippen MR) is 204 cm³/mol. The van der Waals surface area contributed by atoms with E-state index in [2.05, 4.69) is 44.4 Å². The Morgan fingerprint density at radius 1 is 0.887 bits per heavy atom. The maximum atomic E-state index is 12.7. The Morgan fingerprint density at radius 2 is 1.60 bits per heavy atom. The molecule has 13 heteroatoms. The van der Waals surface area contributed by atoms with E-state index in [0.29, 0.717) is 60.9 Å². The van der Waals surface area contributed by atoms with Crippen molar-refractivity contribution in [3.05, 3.63) is 119 Å². The highest BCUT2D eigenvalue weighted by molar-refractivity contribution is 7.99. The minimum absolute atomic E-state index is 0.0139. The van der Waals surface area contributed by atoms with E-state index in [0.717, 1.165) is 39.8 Å². The van der Waals surface area contributed by atoms with Crippen molar-refractivity contribution in [3.8, 4) is 11.1 Å². The molecule has 0 radical (unpaired) electrons. The average Bonchev–Trinajstić information content (AvgIpc) is 3.61. The van der Waals surface area contributed by atoms with Gasteiger partial charge in [0.1, 0.15) is 0 Å². The summed E-state index contributed by atoms with van der Waals surface area (Å²) < 4.78 is 14.7. The van der Waals surface area contributed by atoms with Gasteiger partial charge in [-0.1, -0.05) is 103 Å². The average molecular weight is 736 g/mol. The van der Waals surface area contributed by atoms with E-state index in [9.17, 15) is 14.7 Å². The van der Waals surface area contributed by atoms with Crippen LogP contribution in [0.5, 0.6) is 0 Å². The van der Waals surface area contributed by atoms with Crippen LogP contribution in [0.15, 0.2) is 102 Å². The summed E-state index contributed by atoms with van der Waals surface area (Å²) in [5, 5.41) is 27.9. The second kappa shape index (κ2) is 18.6. The Balaban J connectivity index is 1.02. The molecule has 276 valence electrons. The van der Waals surface area contributed by atoms with Gasteiger partial charge >= 0.3 is 0 Å². The third kappa shape index (κ3) is 10.5. The summed E-state index contributed by atoms with van der Waals surface area (Å²) in [7, 11) is 1.81. The SMILES string of the molecule is Cn1nnnc1SC[C@H]1C[C@@H](c2ccc(CO)cc2)O[C@@H](c2ccc(-c3ccccc3CNC(=O)CCCCCC(=O)Nc3ccccc3N)cc2)O1. The summed E-state index contributed by atoms with van der Waals surface area (Å²) in [5.74, 6) is 0.547. The first-order valence-corrected chi connectivity index (χ1v) is 18.8. The van der Waals surface area contributed by atoms with Crippen molar-refractivity contribution >= 4 is 35.0 Å². The van der Waals surface area contributed by atoms with Gasteiger partial charge in [0.2, 0.25) is 17.0 Å². The van der Waals surface area contributed by atoms with E-state index in [1.807, 2.05) is 73.8 Å². The van der Waals surface area contributed by atoms with Crippen LogP contribution in [0.25, 0.3) is 11.1 Å². The van der Waals surface area contributed by atoms with E-state index < -0.39 is 6.29 Å². The first-order valence-electron chi connectivity index (χ1n) is 17.8. The Hall–Kier alpha value is -5.08. The van der Waals surface area contributed by atoms with Crippen LogP contribution in [0.2, 0.25) is 0 Å². The Kier molecular flexibility index (Phi) is 13.2. The number of nitrogen functional groups attached to an aromatic ring is 1. The molecule has 2 heterocycles. The number of thioether (sulfide) groups is 1. The van der Waals surface area contributed by atoms with Gasteiger partial charge in [0.25, 0.3) is 0 Å². The number of carbonyl (C=O) groups is 2. The fourth-order valence-electron chi connectivity index (χ4n) is 6.16. The van der Waals surface area contributed by atoms with Crippen molar-refractivity contribution in [1.29, 1.82) is 0 Å². The van der Waals surface area contributed by atoms with Crippen LogP contribution < -0.4 is 16.4 Å². The van der Waals surface area contributed by atoms with Crippen molar-refractivity contribution in [2.75, 3.05) is 16.8 Å².